The summed E-state index contributed by atoms with van der Waals surface area (Å²) in [5, 5.41) is 0. The molecular weight excluding hydrogens is 329 g/mol. The number of hydrogen-bond donors (Lipinski definition) is 1. The summed E-state index contributed by atoms with van der Waals surface area (Å²) in [4.78, 5) is -0.0566. The Balaban J connectivity index is 1.65. The SMILES string of the molecule is CC(CCl)CS(=O)(=O)NCC12CC3CC(CC(Cl)(C3)C1)C2. The molecule has 3 atom stereocenters. The van der Waals surface area contributed by atoms with Crippen molar-refractivity contribution in [1.29, 1.82) is 0 Å². The van der Waals surface area contributed by atoms with Crippen molar-refractivity contribution in [3.63, 3.8) is 0 Å². The maximum absolute atomic E-state index is 12.2. The van der Waals surface area contributed by atoms with Crippen LogP contribution in [0.15, 0.2) is 0 Å². The third-order valence-electron chi connectivity index (χ3n) is 5.55. The van der Waals surface area contributed by atoms with Crippen LogP contribution in [0.2, 0.25) is 0 Å². The molecular formula is C15H25Cl2NO2S. The molecule has 0 aromatic carbocycles. The van der Waals surface area contributed by atoms with E-state index in [-0.39, 0.29) is 22.0 Å². The van der Waals surface area contributed by atoms with Gasteiger partial charge >= 0.3 is 0 Å². The first-order chi connectivity index (χ1) is 9.73. The van der Waals surface area contributed by atoms with Gasteiger partial charge in [-0.3, -0.25) is 0 Å². The van der Waals surface area contributed by atoms with Gasteiger partial charge in [0.15, 0.2) is 0 Å². The van der Waals surface area contributed by atoms with Gasteiger partial charge in [-0.05, 0) is 61.7 Å². The highest BCUT2D eigenvalue weighted by Crippen LogP contribution is 2.63. The molecule has 4 aliphatic carbocycles. The van der Waals surface area contributed by atoms with Gasteiger partial charge < -0.3 is 0 Å². The molecule has 0 aromatic heterocycles. The van der Waals surface area contributed by atoms with Crippen LogP contribution in [0.3, 0.4) is 0 Å². The first-order valence-corrected chi connectivity index (χ1v) is 10.5. The summed E-state index contributed by atoms with van der Waals surface area (Å²) in [7, 11) is -3.23. The van der Waals surface area contributed by atoms with E-state index >= 15 is 0 Å². The lowest BCUT2D eigenvalue weighted by Crippen LogP contribution is -2.56. The maximum Gasteiger partial charge on any atom is 0.211 e. The zero-order valence-electron chi connectivity index (χ0n) is 12.6. The number of halogens is 2. The van der Waals surface area contributed by atoms with E-state index in [1.54, 1.807) is 0 Å². The molecule has 3 nitrogen and oxygen atoms in total. The van der Waals surface area contributed by atoms with Gasteiger partial charge in [-0.2, -0.15) is 0 Å². The van der Waals surface area contributed by atoms with Crippen LogP contribution in [0.1, 0.15) is 45.4 Å². The largest absolute Gasteiger partial charge is 0.215 e. The van der Waals surface area contributed by atoms with Crippen LogP contribution >= 0.6 is 23.2 Å². The van der Waals surface area contributed by atoms with Crippen molar-refractivity contribution in [2.24, 2.45) is 23.2 Å². The second-order valence-corrected chi connectivity index (χ2v) is 10.9. The molecule has 4 saturated carbocycles. The second kappa shape index (κ2) is 5.54. The summed E-state index contributed by atoms with van der Waals surface area (Å²) in [5.41, 5.74) is 0.100. The Morgan fingerprint density at radius 1 is 1.24 bits per heavy atom. The van der Waals surface area contributed by atoms with Crippen LogP contribution in [0.4, 0.5) is 0 Å². The Kier molecular flexibility index (Phi) is 4.31. The fraction of sp³-hybridized carbons (Fsp3) is 1.00. The van der Waals surface area contributed by atoms with E-state index in [0.717, 1.165) is 32.1 Å². The standard InChI is InChI=1S/C15H25Cl2NO2S/c1-11(7-16)8-21(19,20)18-10-14-3-12-2-13(4-14)6-15(17,5-12)9-14/h11-13,18H,2-10H2,1H3. The Morgan fingerprint density at radius 3 is 2.38 bits per heavy atom. The minimum Gasteiger partial charge on any atom is -0.215 e. The molecule has 0 aliphatic heterocycles. The zero-order valence-corrected chi connectivity index (χ0v) is 14.9. The molecule has 3 unspecified atom stereocenters. The van der Waals surface area contributed by atoms with Gasteiger partial charge in [0, 0.05) is 17.3 Å². The van der Waals surface area contributed by atoms with Crippen LogP contribution in [-0.4, -0.2) is 31.5 Å². The number of alkyl halides is 2. The molecule has 4 aliphatic rings. The monoisotopic (exact) mass is 353 g/mol. The van der Waals surface area contributed by atoms with Crippen LogP contribution in [-0.2, 0) is 10.0 Å². The van der Waals surface area contributed by atoms with Gasteiger partial charge in [0.05, 0.1) is 5.75 Å². The van der Waals surface area contributed by atoms with Crippen LogP contribution in [0.25, 0.3) is 0 Å². The summed E-state index contributed by atoms with van der Waals surface area (Å²) < 4.78 is 27.2. The Hall–Kier alpha value is 0.490. The highest BCUT2D eigenvalue weighted by molar-refractivity contribution is 7.89. The van der Waals surface area contributed by atoms with E-state index in [4.69, 9.17) is 23.2 Å². The van der Waals surface area contributed by atoms with Gasteiger partial charge in [0.25, 0.3) is 0 Å². The minimum absolute atomic E-state index is 0.0140. The lowest BCUT2D eigenvalue weighted by Gasteiger charge is -2.60. The number of sulfonamides is 1. The van der Waals surface area contributed by atoms with Gasteiger partial charge in [0.2, 0.25) is 10.0 Å². The molecule has 0 heterocycles. The Morgan fingerprint density at radius 2 is 1.86 bits per heavy atom. The minimum atomic E-state index is -3.23. The molecule has 0 amide bonds. The second-order valence-electron chi connectivity index (χ2n) is 7.97. The quantitative estimate of drug-likeness (QED) is 0.744. The molecule has 4 bridgehead atoms. The number of rotatable bonds is 6. The van der Waals surface area contributed by atoms with Crippen LogP contribution < -0.4 is 4.72 Å². The molecule has 0 saturated heterocycles. The van der Waals surface area contributed by atoms with Crippen molar-refractivity contribution < 1.29 is 8.42 Å². The third-order valence-corrected chi connectivity index (χ3v) is 8.11. The van der Waals surface area contributed by atoms with E-state index in [1.807, 2.05) is 6.92 Å². The van der Waals surface area contributed by atoms with Gasteiger partial charge in [-0.1, -0.05) is 6.92 Å². The van der Waals surface area contributed by atoms with Gasteiger partial charge in [0.1, 0.15) is 0 Å². The lowest BCUT2D eigenvalue weighted by atomic mass is 9.49. The first-order valence-electron chi connectivity index (χ1n) is 7.95. The molecule has 21 heavy (non-hydrogen) atoms. The summed E-state index contributed by atoms with van der Waals surface area (Å²) in [6.07, 6.45) is 6.82. The topological polar surface area (TPSA) is 46.2 Å². The number of nitrogens with one attached hydrogen (secondary N) is 1. The average molecular weight is 354 g/mol. The van der Waals surface area contributed by atoms with Gasteiger partial charge in [-0.15, -0.1) is 23.2 Å². The summed E-state index contributed by atoms with van der Waals surface area (Å²) in [6.45, 7) is 2.43. The molecule has 4 fully saturated rings. The van der Waals surface area contributed by atoms with E-state index in [0.29, 0.717) is 24.3 Å². The molecule has 1 N–H and O–H groups in total. The van der Waals surface area contributed by atoms with Crippen molar-refractivity contribution in [3.8, 4) is 0 Å². The van der Waals surface area contributed by atoms with Crippen molar-refractivity contribution >= 4 is 33.2 Å². The van der Waals surface area contributed by atoms with E-state index in [1.165, 1.54) is 6.42 Å². The Labute approximate surface area is 138 Å². The van der Waals surface area contributed by atoms with Crippen LogP contribution in [0, 0.1) is 23.2 Å². The predicted molar refractivity (Wildman–Crippen MR) is 87.4 cm³/mol. The molecule has 0 aromatic rings. The van der Waals surface area contributed by atoms with Crippen molar-refractivity contribution in [3.05, 3.63) is 0 Å². The third kappa shape index (κ3) is 3.54. The summed E-state index contributed by atoms with van der Waals surface area (Å²) >= 11 is 12.5. The van der Waals surface area contributed by atoms with E-state index in [2.05, 4.69) is 4.72 Å². The molecule has 0 spiro atoms. The van der Waals surface area contributed by atoms with Crippen molar-refractivity contribution in [1.82, 2.24) is 4.72 Å². The Bertz CT molecular complexity index is 494. The smallest absolute Gasteiger partial charge is 0.211 e. The fourth-order valence-electron chi connectivity index (χ4n) is 5.28. The fourth-order valence-corrected chi connectivity index (χ4v) is 7.75. The zero-order chi connectivity index (χ0) is 15.3. The van der Waals surface area contributed by atoms with Crippen LogP contribution in [0.5, 0.6) is 0 Å². The molecule has 6 heteroatoms. The predicted octanol–water partition coefficient (Wildman–Crippen LogP) is 3.36. The van der Waals surface area contributed by atoms with Gasteiger partial charge in [-0.25, -0.2) is 13.1 Å². The average Bonchev–Trinajstić information content (AvgIpc) is 2.33. The van der Waals surface area contributed by atoms with E-state index < -0.39 is 10.0 Å². The normalized spacial score (nSPS) is 43.2. The highest BCUT2D eigenvalue weighted by Gasteiger charge is 2.57. The molecule has 4 rings (SSSR count). The summed E-state index contributed by atoms with van der Waals surface area (Å²) in [6, 6.07) is 0. The maximum atomic E-state index is 12.2. The summed E-state index contributed by atoms with van der Waals surface area (Å²) in [5.74, 6) is 1.89. The lowest BCUT2D eigenvalue weighted by molar-refractivity contribution is -0.0360. The number of hydrogen-bond acceptors (Lipinski definition) is 2. The molecule has 0 radical (unpaired) electrons. The van der Waals surface area contributed by atoms with E-state index in [9.17, 15) is 8.42 Å². The first kappa shape index (κ1) is 16.4. The highest BCUT2D eigenvalue weighted by atomic mass is 35.5. The van der Waals surface area contributed by atoms with Crippen molar-refractivity contribution in [2.75, 3.05) is 18.2 Å². The molecule has 122 valence electrons. The van der Waals surface area contributed by atoms with Crippen molar-refractivity contribution in [2.45, 2.75) is 50.3 Å².